The molecular weight excluding hydrogens is 262 g/mol. The lowest BCUT2D eigenvalue weighted by molar-refractivity contribution is -0.146. The van der Waals surface area contributed by atoms with Crippen molar-refractivity contribution in [3.8, 4) is 5.75 Å². The molecule has 21 heavy (non-hydrogen) atoms. The third kappa shape index (κ3) is 3.24. The first kappa shape index (κ1) is 14.1. The predicted molar refractivity (Wildman–Crippen MR) is 83.1 cm³/mol. The topological polar surface area (TPSA) is 29.5 Å². The van der Waals surface area contributed by atoms with Crippen LogP contribution in [-0.2, 0) is 4.79 Å². The molecule has 0 aromatic heterocycles. The molecule has 3 rings (SSSR count). The smallest absolute Gasteiger partial charge is 0.328 e. The molecule has 110 valence electrons. The van der Waals surface area contributed by atoms with Crippen LogP contribution in [0.1, 0.15) is 19.8 Å². The summed E-state index contributed by atoms with van der Waals surface area (Å²) in [4.78, 5) is 14.5. The molecule has 2 unspecified atom stereocenters. The van der Waals surface area contributed by atoms with E-state index in [-0.39, 0.29) is 17.4 Å². The zero-order valence-corrected chi connectivity index (χ0v) is 12.4. The Labute approximate surface area is 125 Å². The van der Waals surface area contributed by atoms with Gasteiger partial charge in [0.2, 0.25) is 0 Å². The molecule has 2 atom stereocenters. The highest BCUT2D eigenvalue weighted by Crippen LogP contribution is 2.32. The minimum Gasteiger partial charge on any atom is -0.425 e. The van der Waals surface area contributed by atoms with Crippen molar-refractivity contribution in [3.63, 3.8) is 0 Å². The highest BCUT2D eigenvalue weighted by Gasteiger charge is 2.39. The average molecular weight is 283 g/mol. The molecular formula is C18H21NO2. The number of hydrogen-bond acceptors (Lipinski definition) is 3. The Kier molecular flexibility index (Phi) is 3.93. The molecule has 1 aromatic rings. The number of esters is 1. The molecule has 0 radical (unpaired) electrons. The van der Waals surface area contributed by atoms with Crippen LogP contribution in [0.3, 0.4) is 0 Å². The van der Waals surface area contributed by atoms with Crippen LogP contribution >= 0.6 is 0 Å². The van der Waals surface area contributed by atoms with Gasteiger partial charge in [0.05, 0.1) is 0 Å². The van der Waals surface area contributed by atoms with Crippen molar-refractivity contribution >= 4 is 5.97 Å². The maximum Gasteiger partial charge on any atom is 0.328 e. The van der Waals surface area contributed by atoms with Gasteiger partial charge in [-0.2, -0.15) is 0 Å². The van der Waals surface area contributed by atoms with E-state index >= 15 is 0 Å². The van der Waals surface area contributed by atoms with Crippen LogP contribution in [0.5, 0.6) is 5.75 Å². The number of carbonyl (C=O) groups is 1. The highest BCUT2D eigenvalue weighted by molar-refractivity contribution is 5.79. The zero-order valence-electron chi connectivity index (χ0n) is 12.4. The lowest BCUT2D eigenvalue weighted by Gasteiger charge is -2.43. The molecule has 0 amide bonds. The monoisotopic (exact) mass is 283 g/mol. The lowest BCUT2D eigenvalue weighted by atomic mass is 9.81. The first-order valence-corrected chi connectivity index (χ1v) is 7.51. The maximum atomic E-state index is 12.3. The minimum atomic E-state index is -0.133. The van der Waals surface area contributed by atoms with Crippen LogP contribution in [0.25, 0.3) is 0 Å². The van der Waals surface area contributed by atoms with E-state index in [2.05, 4.69) is 36.1 Å². The first-order valence-electron chi connectivity index (χ1n) is 7.51. The van der Waals surface area contributed by atoms with E-state index < -0.39 is 0 Å². The molecule has 3 heteroatoms. The minimum absolute atomic E-state index is 0.0960. The summed E-state index contributed by atoms with van der Waals surface area (Å²) in [5.41, 5.74) is 0.125. The Morgan fingerprint density at radius 1 is 1.33 bits per heavy atom. The van der Waals surface area contributed by atoms with Gasteiger partial charge in [-0.3, -0.25) is 4.90 Å². The molecule has 1 aliphatic carbocycles. The van der Waals surface area contributed by atoms with Crippen molar-refractivity contribution in [3.05, 3.63) is 54.6 Å². The van der Waals surface area contributed by atoms with E-state index in [1.54, 1.807) is 0 Å². The fraction of sp³-hybridized carbons (Fsp3) is 0.389. The van der Waals surface area contributed by atoms with Crippen molar-refractivity contribution in [1.82, 2.24) is 4.90 Å². The fourth-order valence-electron chi connectivity index (χ4n) is 2.92. The van der Waals surface area contributed by atoms with Crippen molar-refractivity contribution in [2.45, 2.75) is 25.8 Å². The van der Waals surface area contributed by atoms with Gasteiger partial charge in [0.1, 0.15) is 11.8 Å². The zero-order chi connectivity index (χ0) is 14.7. The van der Waals surface area contributed by atoms with Gasteiger partial charge in [0, 0.05) is 18.5 Å². The number of ether oxygens (including phenoxy) is 1. The van der Waals surface area contributed by atoms with Crippen molar-refractivity contribution in [2.75, 3.05) is 13.1 Å². The maximum absolute atomic E-state index is 12.3. The van der Waals surface area contributed by atoms with E-state index in [4.69, 9.17) is 4.74 Å². The Morgan fingerprint density at radius 3 is 2.76 bits per heavy atom. The number of nitrogens with zero attached hydrogens (tertiary/aromatic N) is 1. The third-order valence-corrected chi connectivity index (χ3v) is 4.26. The summed E-state index contributed by atoms with van der Waals surface area (Å²) < 4.78 is 5.46. The van der Waals surface area contributed by atoms with Crippen molar-refractivity contribution in [1.29, 1.82) is 0 Å². The highest BCUT2D eigenvalue weighted by atomic mass is 16.5. The number of para-hydroxylation sites is 1. The Hall–Kier alpha value is -1.87. The van der Waals surface area contributed by atoms with Gasteiger partial charge in [0.15, 0.2) is 0 Å². The summed E-state index contributed by atoms with van der Waals surface area (Å²) in [6, 6.07) is 9.20. The lowest BCUT2D eigenvalue weighted by Crippen LogP contribution is -2.56. The van der Waals surface area contributed by atoms with Gasteiger partial charge in [0.25, 0.3) is 0 Å². The Balaban J connectivity index is 1.58. The largest absolute Gasteiger partial charge is 0.425 e. The summed E-state index contributed by atoms with van der Waals surface area (Å²) in [5, 5.41) is 0. The summed E-state index contributed by atoms with van der Waals surface area (Å²) in [7, 11) is 0. The Morgan fingerprint density at radius 2 is 2.14 bits per heavy atom. The second-order valence-electron chi connectivity index (χ2n) is 6.15. The number of carbonyl (C=O) groups excluding carboxylic acids is 1. The van der Waals surface area contributed by atoms with Gasteiger partial charge < -0.3 is 4.74 Å². The van der Waals surface area contributed by atoms with Crippen LogP contribution in [0.4, 0.5) is 0 Å². The molecule has 0 N–H and O–H groups in total. The predicted octanol–water partition coefficient (Wildman–Crippen LogP) is 3.19. The summed E-state index contributed by atoms with van der Waals surface area (Å²) in [5.74, 6) is 0.493. The van der Waals surface area contributed by atoms with Gasteiger partial charge in [-0.1, -0.05) is 49.4 Å². The van der Waals surface area contributed by atoms with Crippen LogP contribution in [0.2, 0.25) is 0 Å². The number of allylic oxidation sites excluding steroid dienone is 3. The van der Waals surface area contributed by atoms with Crippen molar-refractivity contribution in [2.24, 2.45) is 5.41 Å². The number of benzene rings is 1. The molecule has 1 saturated heterocycles. The van der Waals surface area contributed by atoms with Crippen molar-refractivity contribution < 1.29 is 9.53 Å². The van der Waals surface area contributed by atoms with E-state index in [9.17, 15) is 4.79 Å². The van der Waals surface area contributed by atoms with E-state index in [0.717, 1.165) is 25.9 Å². The summed E-state index contributed by atoms with van der Waals surface area (Å²) >= 11 is 0. The molecule has 0 spiro atoms. The van der Waals surface area contributed by atoms with E-state index in [0.29, 0.717) is 5.75 Å². The SMILES string of the molecule is CC1(CN2CCC2C(=O)Oc2ccccc2)C=CC=CC1. The molecule has 0 saturated carbocycles. The van der Waals surface area contributed by atoms with Crippen LogP contribution in [0.15, 0.2) is 54.6 Å². The Bertz CT molecular complexity index is 564. The molecule has 1 aromatic carbocycles. The molecule has 1 heterocycles. The van der Waals surface area contributed by atoms with E-state index in [1.807, 2.05) is 30.3 Å². The normalized spacial score (nSPS) is 28.1. The molecule has 1 fully saturated rings. The standard InChI is InChI=1S/C18H21NO2/c1-18(11-6-3-7-12-18)14-19-13-10-16(19)17(20)21-15-8-4-2-5-9-15/h2-9,11,16H,10,12-14H2,1H3. The van der Waals surface area contributed by atoms with Gasteiger partial charge in [-0.15, -0.1) is 0 Å². The summed E-state index contributed by atoms with van der Waals surface area (Å²) in [6.45, 7) is 4.12. The first-order chi connectivity index (χ1) is 10.2. The molecule has 2 aliphatic rings. The molecule has 3 nitrogen and oxygen atoms in total. The van der Waals surface area contributed by atoms with Crippen LogP contribution in [0, 0.1) is 5.41 Å². The quantitative estimate of drug-likeness (QED) is 0.628. The van der Waals surface area contributed by atoms with Crippen LogP contribution < -0.4 is 4.74 Å². The van der Waals surface area contributed by atoms with E-state index in [1.165, 1.54) is 0 Å². The number of rotatable bonds is 4. The average Bonchev–Trinajstić information content (AvgIpc) is 2.45. The number of hydrogen-bond donors (Lipinski definition) is 0. The van der Waals surface area contributed by atoms with Gasteiger partial charge >= 0.3 is 5.97 Å². The second kappa shape index (κ2) is 5.86. The van der Waals surface area contributed by atoms with Gasteiger partial charge in [-0.25, -0.2) is 4.79 Å². The van der Waals surface area contributed by atoms with Gasteiger partial charge in [-0.05, 0) is 25.0 Å². The molecule has 1 aliphatic heterocycles. The fourth-order valence-corrected chi connectivity index (χ4v) is 2.92. The third-order valence-electron chi connectivity index (χ3n) is 4.26. The molecule has 0 bridgehead atoms. The van der Waals surface area contributed by atoms with Crippen LogP contribution in [-0.4, -0.2) is 30.0 Å². The number of likely N-dealkylation sites (tertiary alicyclic amines) is 1. The second-order valence-corrected chi connectivity index (χ2v) is 6.15. The summed E-state index contributed by atoms with van der Waals surface area (Å²) in [6.07, 6.45) is 10.5.